The molecule has 1 aliphatic rings. The Morgan fingerprint density at radius 3 is 1.50 bits per heavy atom. The van der Waals surface area contributed by atoms with Gasteiger partial charge in [-0.1, -0.05) is 27.7 Å². The van der Waals surface area contributed by atoms with Crippen molar-refractivity contribution in [3.05, 3.63) is 0 Å². The van der Waals surface area contributed by atoms with Gasteiger partial charge >= 0.3 is 0 Å². The molecule has 90 valence electrons. The van der Waals surface area contributed by atoms with Gasteiger partial charge in [-0.25, -0.2) is 4.39 Å². The first-order valence-electron chi connectivity index (χ1n) is 5.42. The summed E-state index contributed by atoms with van der Waals surface area (Å²) in [5.74, 6) is 0. The van der Waals surface area contributed by atoms with Gasteiger partial charge in [0.15, 0.2) is 0 Å². The summed E-state index contributed by atoms with van der Waals surface area (Å²) in [6.07, 6.45) is 0.145. The molecule has 1 aliphatic heterocycles. The van der Waals surface area contributed by atoms with Crippen molar-refractivity contribution in [3.63, 3.8) is 0 Å². The molecule has 0 aromatic heterocycles. The van der Waals surface area contributed by atoms with Crippen LogP contribution in [0.4, 0.5) is 8.78 Å². The minimum atomic E-state index is -0.574. The van der Waals surface area contributed by atoms with E-state index in [1.54, 1.807) is 0 Å². The molecule has 1 rings (SSSR count). The van der Waals surface area contributed by atoms with Crippen LogP contribution in [0.5, 0.6) is 0 Å². The standard InChI is InChI=1S/C6H12FN.2C2H6.CH3F/c1-5-3-6(7)4-8(5)2;3*1-2/h5-6H,3-4H2,1-2H3;2*1-2H3;1H3. The third-order valence-electron chi connectivity index (χ3n) is 1.84. The lowest BCUT2D eigenvalue weighted by molar-refractivity contribution is 0.303. The lowest BCUT2D eigenvalue weighted by atomic mass is 10.2. The first-order chi connectivity index (χ1) is 6.70. The summed E-state index contributed by atoms with van der Waals surface area (Å²) in [7, 11) is 2.46. The van der Waals surface area contributed by atoms with E-state index >= 15 is 0 Å². The monoisotopic (exact) mass is 211 g/mol. The molecule has 0 bridgehead atoms. The molecular weight excluding hydrogens is 184 g/mol. The van der Waals surface area contributed by atoms with Gasteiger partial charge in [-0.3, -0.25) is 4.39 Å². The number of likely N-dealkylation sites (tertiary alicyclic amines) is 1. The molecule has 14 heavy (non-hydrogen) atoms. The summed E-state index contributed by atoms with van der Waals surface area (Å²) in [6.45, 7) is 10.7. The van der Waals surface area contributed by atoms with Crippen LogP contribution in [-0.4, -0.2) is 37.9 Å². The van der Waals surface area contributed by atoms with Crippen molar-refractivity contribution in [3.8, 4) is 0 Å². The Kier molecular flexibility index (Phi) is 21.2. The summed E-state index contributed by atoms with van der Waals surface area (Å²) < 4.78 is 21.9. The molecule has 1 nitrogen and oxygen atoms in total. The van der Waals surface area contributed by atoms with Crippen LogP contribution in [0.15, 0.2) is 0 Å². The van der Waals surface area contributed by atoms with Gasteiger partial charge < -0.3 is 4.90 Å². The highest BCUT2D eigenvalue weighted by molar-refractivity contribution is 4.79. The van der Waals surface area contributed by atoms with Crippen molar-refractivity contribution in [2.75, 3.05) is 20.8 Å². The molecule has 0 amide bonds. The zero-order valence-corrected chi connectivity index (χ0v) is 10.8. The number of alkyl halides is 2. The van der Waals surface area contributed by atoms with Gasteiger partial charge in [0.05, 0.1) is 7.18 Å². The summed E-state index contributed by atoms with van der Waals surface area (Å²) in [6, 6.07) is 0.449. The Morgan fingerprint density at radius 2 is 1.43 bits per heavy atom. The average Bonchev–Trinajstić information content (AvgIpc) is 2.53. The molecule has 0 aromatic carbocycles. The van der Waals surface area contributed by atoms with Gasteiger partial charge in [0.25, 0.3) is 0 Å². The number of hydrogen-bond acceptors (Lipinski definition) is 1. The van der Waals surface area contributed by atoms with E-state index in [9.17, 15) is 8.78 Å². The highest BCUT2D eigenvalue weighted by Crippen LogP contribution is 2.16. The van der Waals surface area contributed by atoms with Crippen LogP contribution in [0.25, 0.3) is 0 Å². The third kappa shape index (κ3) is 9.90. The first kappa shape index (κ1) is 19.4. The highest BCUT2D eigenvalue weighted by Gasteiger charge is 2.24. The second-order valence-corrected chi connectivity index (χ2v) is 2.62. The minimum absolute atomic E-state index is 0.449. The molecule has 0 N–H and O–H groups in total. The fourth-order valence-corrected chi connectivity index (χ4v) is 1.12. The summed E-state index contributed by atoms with van der Waals surface area (Å²) in [5, 5.41) is 0. The van der Waals surface area contributed by atoms with Crippen molar-refractivity contribution in [2.45, 2.75) is 53.3 Å². The van der Waals surface area contributed by atoms with E-state index in [-0.39, 0.29) is 0 Å². The van der Waals surface area contributed by atoms with Crippen molar-refractivity contribution in [1.82, 2.24) is 4.90 Å². The lowest BCUT2D eigenvalue weighted by Gasteiger charge is -2.11. The topological polar surface area (TPSA) is 3.24 Å². The van der Waals surface area contributed by atoms with Crippen LogP contribution >= 0.6 is 0 Å². The quantitative estimate of drug-likeness (QED) is 0.590. The lowest BCUT2D eigenvalue weighted by Crippen LogP contribution is -2.21. The van der Waals surface area contributed by atoms with Crippen molar-refractivity contribution >= 4 is 0 Å². The molecule has 1 fully saturated rings. The van der Waals surface area contributed by atoms with E-state index in [1.807, 2.05) is 39.6 Å². The summed E-state index contributed by atoms with van der Waals surface area (Å²) >= 11 is 0. The predicted molar refractivity (Wildman–Crippen MR) is 61.3 cm³/mol. The Morgan fingerprint density at radius 1 is 1.07 bits per heavy atom. The second-order valence-electron chi connectivity index (χ2n) is 2.62. The molecule has 2 atom stereocenters. The number of rotatable bonds is 0. The van der Waals surface area contributed by atoms with E-state index in [4.69, 9.17) is 0 Å². The average molecular weight is 211 g/mol. The maximum Gasteiger partial charge on any atom is 0.114 e. The molecule has 2 unspecified atom stereocenters. The van der Waals surface area contributed by atoms with Gasteiger partial charge in [-0.15, -0.1) is 0 Å². The van der Waals surface area contributed by atoms with Gasteiger partial charge in [-0.05, 0) is 20.4 Å². The SMILES string of the molecule is CC.CC.CC1CC(F)CN1C.CF. The summed E-state index contributed by atoms with van der Waals surface area (Å²) in [4.78, 5) is 2.05. The Hall–Kier alpha value is -0.180. The maximum atomic E-state index is 12.4. The molecule has 0 spiro atoms. The van der Waals surface area contributed by atoms with Crippen LogP contribution in [0.1, 0.15) is 41.0 Å². The zero-order valence-electron chi connectivity index (χ0n) is 10.8. The van der Waals surface area contributed by atoms with Crippen LogP contribution in [0.2, 0.25) is 0 Å². The minimum Gasteiger partial charge on any atom is -0.301 e. The van der Waals surface area contributed by atoms with E-state index in [2.05, 4.69) is 6.92 Å². The summed E-state index contributed by atoms with van der Waals surface area (Å²) in [5.41, 5.74) is 0. The van der Waals surface area contributed by atoms with Crippen molar-refractivity contribution < 1.29 is 8.78 Å². The zero-order chi connectivity index (χ0) is 12.1. The van der Waals surface area contributed by atoms with E-state index in [0.717, 1.165) is 6.42 Å². The number of hydrogen-bond donors (Lipinski definition) is 0. The second kappa shape index (κ2) is 15.3. The fraction of sp³-hybridized carbons (Fsp3) is 1.00. The largest absolute Gasteiger partial charge is 0.301 e. The highest BCUT2D eigenvalue weighted by atomic mass is 19.1. The Bertz CT molecular complexity index is 79.4. The smallest absolute Gasteiger partial charge is 0.114 e. The molecule has 3 heteroatoms. The van der Waals surface area contributed by atoms with E-state index < -0.39 is 6.17 Å². The van der Waals surface area contributed by atoms with Crippen LogP contribution in [-0.2, 0) is 0 Å². The van der Waals surface area contributed by atoms with Gasteiger partial charge in [0.2, 0.25) is 0 Å². The molecular formula is C11H27F2N. The molecule has 0 aromatic rings. The maximum absolute atomic E-state index is 12.4. The normalized spacial score (nSPS) is 24.6. The molecule has 1 heterocycles. The van der Waals surface area contributed by atoms with Gasteiger partial charge in [-0.2, -0.15) is 0 Å². The van der Waals surface area contributed by atoms with Gasteiger partial charge in [0.1, 0.15) is 6.17 Å². The number of nitrogens with zero attached hydrogens (tertiary/aromatic N) is 1. The molecule has 0 aliphatic carbocycles. The number of halogens is 2. The fourth-order valence-electron chi connectivity index (χ4n) is 1.12. The third-order valence-corrected chi connectivity index (χ3v) is 1.84. The van der Waals surface area contributed by atoms with Crippen LogP contribution in [0, 0.1) is 0 Å². The van der Waals surface area contributed by atoms with Crippen LogP contribution < -0.4 is 0 Å². The van der Waals surface area contributed by atoms with E-state index in [0.29, 0.717) is 19.8 Å². The van der Waals surface area contributed by atoms with Crippen molar-refractivity contribution in [2.24, 2.45) is 0 Å². The van der Waals surface area contributed by atoms with Crippen molar-refractivity contribution in [1.29, 1.82) is 0 Å². The first-order valence-corrected chi connectivity index (χ1v) is 5.42. The van der Waals surface area contributed by atoms with Gasteiger partial charge in [0, 0.05) is 12.6 Å². The molecule has 1 saturated heterocycles. The Labute approximate surface area is 88.5 Å². The molecule has 0 radical (unpaired) electrons. The van der Waals surface area contributed by atoms with E-state index in [1.165, 1.54) is 0 Å². The Balaban J connectivity index is -0.000000174. The molecule has 0 saturated carbocycles. The van der Waals surface area contributed by atoms with Crippen LogP contribution in [0.3, 0.4) is 0 Å². The predicted octanol–water partition coefficient (Wildman–Crippen LogP) is 3.69.